The summed E-state index contributed by atoms with van der Waals surface area (Å²) >= 11 is 0. The normalized spacial score (nSPS) is 11.3. The van der Waals surface area contributed by atoms with Gasteiger partial charge in [-0.15, -0.1) is 0 Å². The molecular formula is C11H17NO4S. The molecule has 0 saturated heterocycles. The van der Waals surface area contributed by atoms with Gasteiger partial charge in [-0.2, -0.15) is 0 Å². The molecule has 1 rings (SSSR count). The van der Waals surface area contributed by atoms with Crippen LogP contribution in [0.3, 0.4) is 0 Å². The Morgan fingerprint density at radius 2 is 1.76 bits per heavy atom. The highest BCUT2D eigenvalue weighted by molar-refractivity contribution is 7.90. The Bertz CT molecular complexity index is 496. The van der Waals surface area contributed by atoms with Gasteiger partial charge in [0.05, 0.1) is 14.2 Å². The molecule has 0 atom stereocenters. The van der Waals surface area contributed by atoms with Crippen molar-refractivity contribution in [2.45, 2.75) is 11.4 Å². The zero-order valence-electron chi connectivity index (χ0n) is 10.4. The van der Waals surface area contributed by atoms with Gasteiger partial charge in [0.15, 0.2) is 9.84 Å². The van der Waals surface area contributed by atoms with Gasteiger partial charge < -0.3 is 14.8 Å². The average Bonchev–Trinajstić information content (AvgIpc) is 2.27. The van der Waals surface area contributed by atoms with Crippen LogP contribution in [0.4, 0.5) is 0 Å². The molecule has 0 heterocycles. The molecular weight excluding hydrogens is 242 g/mol. The Morgan fingerprint density at radius 1 is 1.18 bits per heavy atom. The molecule has 0 aliphatic rings. The fourth-order valence-corrected chi connectivity index (χ4v) is 2.38. The first-order valence-electron chi connectivity index (χ1n) is 5.03. The fraction of sp³-hybridized carbons (Fsp3) is 0.455. The number of benzene rings is 1. The minimum atomic E-state index is -3.34. The quantitative estimate of drug-likeness (QED) is 0.848. The monoisotopic (exact) mass is 259 g/mol. The van der Waals surface area contributed by atoms with E-state index in [1.807, 2.05) is 0 Å². The third kappa shape index (κ3) is 3.10. The predicted octanol–water partition coefficient (Wildman–Crippen LogP) is 0.827. The molecule has 0 bridgehead atoms. The lowest BCUT2D eigenvalue weighted by Gasteiger charge is -2.13. The molecule has 0 aliphatic heterocycles. The standard InChI is InChI=1S/C11H17NO4S/c1-12-7-8-5-10(16-3)11(17(4,13)14)6-9(8)15-2/h5-6,12H,7H2,1-4H3. The van der Waals surface area contributed by atoms with Crippen molar-refractivity contribution >= 4 is 9.84 Å². The number of hydrogen-bond acceptors (Lipinski definition) is 5. The topological polar surface area (TPSA) is 64.6 Å². The van der Waals surface area contributed by atoms with Gasteiger partial charge in [0.1, 0.15) is 16.4 Å². The first-order valence-corrected chi connectivity index (χ1v) is 6.92. The average molecular weight is 259 g/mol. The molecule has 0 aliphatic carbocycles. The molecule has 5 nitrogen and oxygen atoms in total. The number of sulfone groups is 1. The minimum Gasteiger partial charge on any atom is -0.496 e. The summed E-state index contributed by atoms with van der Waals surface area (Å²) in [6.45, 7) is 0.573. The van der Waals surface area contributed by atoms with Crippen molar-refractivity contribution < 1.29 is 17.9 Å². The molecule has 0 aromatic heterocycles. The highest BCUT2D eigenvalue weighted by atomic mass is 32.2. The van der Waals surface area contributed by atoms with Crippen molar-refractivity contribution in [1.29, 1.82) is 0 Å². The van der Waals surface area contributed by atoms with E-state index in [0.717, 1.165) is 11.8 Å². The van der Waals surface area contributed by atoms with Gasteiger partial charge >= 0.3 is 0 Å². The smallest absolute Gasteiger partial charge is 0.179 e. The van der Waals surface area contributed by atoms with E-state index in [0.29, 0.717) is 18.0 Å². The van der Waals surface area contributed by atoms with E-state index >= 15 is 0 Å². The molecule has 1 N–H and O–H groups in total. The van der Waals surface area contributed by atoms with Crippen molar-refractivity contribution in [2.24, 2.45) is 0 Å². The summed E-state index contributed by atoms with van der Waals surface area (Å²) in [5.74, 6) is 0.860. The highest BCUT2D eigenvalue weighted by Crippen LogP contribution is 2.31. The fourth-order valence-electron chi connectivity index (χ4n) is 1.55. The van der Waals surface area contributed by atoms with Gasteiger partial charge in [-0.25, -0.2) is 8.42 Å². The highest BCUT2D eigenvalue weighted by Gasteiger charge is 2.18. The molecule has 0 saturated carbocycles. The Labute approximate surface area is 102 Å². The molecule has 96 valence electrons. The van der Waals surface area contributed by atoms with Crippen molar-refractivity contribution in [3.63, 3.8) is 0 Å². The molecule has 0 amide bonds. The van der Waals surface area contributed by atoms with Gasteiger partial charge in [0, 0.05) is 24.4 Å². The van der Waals surface area contributed by atoms with Crippen LogP contribution in [0.1, 0.15) is 5.56 Å². The van der Waals surface area contributed by atoms with E-state index in [1.54, 1.807) is 13.1 Å². The number of methoxy groups -OCH3 is 2. The van der Waals surface area contributed by atoms with Crippen LogP contribution in [0.25, 0.3) is 0 Å². The van der Waals surface area contributed by atoms with Crippen LogP contribution < -0.4 is 14.8 Å². The maximum Gasteiger partial charge on any atom is 0.179 e. The van der Waals surface area contributed by atoms with Crippen LogP contribution >= 0.6 is 0 Å². The van der Waals surface area contributed by atoms with E-state index in [1.165, 1.54) is 20.3 Å². The molecule has 17 heavy (non-hydrogen) atoms. The first kappa shape index (κ1) is 13.8. The molecule has 1 aromatic carbocycles. The van der Waals surface area contributed by atoms with Gasteiger partial charge in [0.25, 0.3) is 0 Å². The van der Waals surface area contributed by atoms with Crippen molar-refractivity contribution in [1.82, 2.24) is 5.32 Å². The minimum absolute atomic E-state index is 0.136. The molecule has 0 spiro atoms. The van der Waals surface area contributed by atoms with E-state index in [9.17, 15) is 8.42 Å². The van der Waals surface area contributed by atoms with E-state index in [4.69, 9.17) is 9.47 Å². The number of hydrogen-bond donors (Lipinski definition) is 1. The third-order valence-electron chi connectivity index (χ3n) is 2.33. The van der Waals surface area contributed by atoms with Crippen molar-refractivity contribution in [3.8, 4) is 11.5 Å². The Morgan fingerprint density at radius 3 is 2.18 bits per heavy atom. The van der Waals surface area contributed by atoms with Crippen LogP contribution in [-0.2, 0) is 16.4 Å². The molecule has 0 radical (unpaired) electrons. The summed E-state index contributed by atoms with van der Waals surface area (Å²) < 4.78 is 33.5. The van der Waals surface area contributed by atoms with E-state index < -0.39 is 9.84 Å². The van der Waals surface area contributed by atoms with Crippen molar-refractivity contribution in [3.05, 3.63) is 17.7 Å². The van der Waals surface area contributed by atoms with E-state index in [-0.39, 0.29) is 4.90 Å². The lowest BCUT2D eigenvalue weighted by Crippen LogP contribution is -2.09. The third-order valence-corrected chi connectivity index (χ3v) is 3.45. The molecule has 6 heteroatoms. The number of rotatable bonds is 5. The van der Waals surface area contributed by atoms with Crippen LogP contribution in [0.5, 0.6) is 11.5 Å². The number of nitrogens with one attached hydrogen (secondary N) is 1. The summed E-state index contributed by atoms with van der Waals surface area (Å²) in [6, 6.07) is 3.16. The largest absolute Gasteiger partial charge is 0.496 e. The maximum absolute atomic E-state index is 11.6. The Hall–Kier alpha value is -1.27. The van der Waals surface area contributed by atoms with Crippen molar-refractivity contribution in [2.75, 3.05) is 27.5 Å². The van der Waals surface area contributed by atoms with Crippen LogP contribution in [-0.4, -0.2) is 35.9 Å². The van der Waals surface area contributed by atoms with Crippen LogP contribution in [0.15, 0.2) is 17.0 Å². The predicted molar refractivity (Wildman–Crippen MR) is 65.4 cm³/mol. The second-order valence-corrected chi connectivity index (χ2v) is 5.60. The van der Waals surface area contributed by atoms with Crippen LogP contribution in [0.2, 0.25) is 0 Å². The summed E-state index contributed by atoms with van der Waals surface area (Å²) in [5.41, 5.74) is 0.847. The van der Waals surface area contributed by atoms with Gasteiger partial charge in [-0.1, -0.05) is 0 Å². The lowest BCUT2D eigenvalue weighted by atomic mass is 10.2. The van der Waals surface area contributed by atoms with Gasteiger partial charge in [-0.05, 0) is 13.1 Å². The Balaban J connectivity index is 3.43. The summed E-state index contributed by atoms with van der Waals surface area (Å²) in [5, 5.41) is 2.98. The van der Waals surface area contributed by atoms with Gasteiger partial charge in [-0.3, -0.25) is 0 Å². The zero-order chi connectivity index (χ0) is 13.1. The molecule has 0 fully saturated rings. The number of ether oxygens (including phenoxy) is 2. The van der Waals surface area contributed by atoms with E-state index in [2.05, 4.69) is 5.32 Å². The van der Waals surface area contributed by atoms with Gasteiger partial charge in [0.2, 0.25) is 0 Å². The molecule has 0 unspecified atom stereocenters. The second-order valence-electron chi connectivity index (χ2n) is 3.62. The Kier molecular flexibility index (Phi) is 4.36. The second kappa shape index (κ2) is 5.37. The maximum atomic E-state index is 11.6. The summed E-state index contributed by atoms with van der Waals surface area (Å²) in [6.07, 6.45) is 1.14. The SMILES string of the molecule is CNCc1cc(OC)c(S(C)(=O)=O)cc1OC. The summed E-state index contributed by atoms with van der Waals surface area (Å²) in [4.78, 5) is 0.136. The molecule has 1 aromatic rings. The lowest BCUT2D eigenvalue weighted by molar-refractivity contribution is 0.388. The zero-order valence-corrected chi connectivity index (χ0v) is 11.2. The summed E-state index contributed by atoms with van der Waals surface area (Å²) in [7, 11) is 1.42. The van der Waals surface area contributed by atoms with Crippen LogP contribution in [0, 0.1) is 0 Å². The first-order chi connectivity index (χ1) is 7.93.